The van der Waals surface area contributed by atoms with Crippen molar-refractivity contribution in [3.8, 4) is 0 Å². The van der Waals surface area contributed by atoms with Crippen molar-refractivity contribution in [3.63, 3.8) is 0 Å². The molecule has 2 N–H and O–H groups in total. The predicted octanol–water partition coefficient (Wildman–Crippen LogP) is 1.53. The highest BCUT2D eigenvalue weighted by molar-refractivity contribution is 5.78. The molecule has 3 unspecified atom stereocenters. The number of nitrogens with zero attached hydrogens (tertiary/aromatic N) is 1. The summed E-state index contributed by atoms with van der Waals surface area (Å²) in [6.07, 6.45) is 8.21. The summed E-state index contributed by atoms with van der Waals surface area (Å²) in [6, 6.07) is 0.543. The van der Waals surface area contributed by atoms with Crippen LogP contribution in [0.1, 0.15) is 51.9 Å². The second kappa shape index (κ2) is 7.25. The molecular formula is C15H28N2O2. The normalized spacial score (nSPS) is 33.1. The first-order valence-electron chi connectivity index (χ1n) is 7.85. The van der Waals surface area contributed by atoms with Crippen molar-refractivity contribution in [1.82, 2.24) is 10.2 Å². The third-order valence-electron chi connectivity index (χ3n) is 4.76. The number of nitrogens with one attached hydrogen (secondary N) is 1. The first kappa shape index (κ1) is 14.8. The summed E-state index contributed by atoms with van der Waals surface area (Å²) in [5.41, 5.74) is 0. The van der Waals surface area contributed by atoms with Crippen molar-refractivity contribution >= 4 is 5.91 Å². The van der Waals surface area contributed by atoms with Crippen LogP contribution >= 0.6 is 0 Å². The van der Waals surface area contributed by atoms with Crippen molar-refractivity contribution in [2.45, 2.75) is 64.0 Å². The van der Waals surface area contributed by atoms with Crippen LogP contribution in [0.3, 0.4) is 0 Å². The highest BCUT2D eigenvalue weighted by atomic mass is 16.3. The first-order valence-corrected chi connectivity index (χ1v) is 7.85. The SMILES string of the molecule is CC1CCCCC1NC(=O)CN1CCCCC1CO. The maximum Gasteiger partial charge on any atom is 0.234 e. The molecule has 1 saturated carbocycles. The smallest absolute Gasteiger partial charge is 0.234 e. The van der Waals surface area contributed by atoms with Gasteiger partial charge in [-0.25, -0.2) is 0 Å². The van der Waals surface area contributed by atoms with E-state index < -0.39 is 0 Å². The number of carbonyl (C=O) groups is 1. The Bertz CT molecular complexity index is 296. The zero-order valence-corrected chi connectivity index (χ0v) is 12.1. The second-order valence-corrected chi connectivity index (χ2v) is 6.24. The molecule has 0 aromatic carbocycles. The lowest BCUT2D eigenvalue weighted by molar-refractivity contribution is -0.124. The summed E-state index contributed by atoms with van der Waals surface area (Å²) in [7, 11) is 0. The van der Waals surface area contributed by atoms with Crippen LogP contribution < -0.4 is 5.32 Å². The summed E-state index contributed by atoms with van der Waals surface area (Å²) >= 11 is 0. The van der Waals surface area contributed by atoms with Crippen molar-refractivity contribution in [2.24, 2.45) is 5.92 Å². The number of amides is 1. The summed E-state index contributed by atoms with van der Waals surface area (Å²) in [6.45, 7) is 3.81. The average molecular weight is 268 g/mol. The van der Waals surface area contributed by atoms with E-state index in [-0.39, 0.29) is 18.6 Å². The van der Waals surface area contributed by atoms with E-state index in [2.05, 4.69) is 17.1 Å². The Morgan fingerprint density at radius 1 is 1.21 bits per heavy atom. The molecule has 1 heterocycles. The molecule has 2 fully saturated rings. The minimum atomic E-state index is 0.138. The van der Waals surface area contributed by atoms with Crippen LogP contribution in [-0.4, -0.2) is 47.7 Å². The number of hydrogen-bond acceptors (Lipinski definition) is 3. The predicted molar refractivity (Wildman–Crippen MR) is 75.9 cm³/mol. The van der Waals surface area contributed by atoms with Crippen LogP contribution in [-0.2, 0) is 4.79 Å². The van der Waals surface area contributed by atoms with Gasteiger partial charge in [0.15, 0.2) is 0 Å². The number of hydrogen-bond donors (Lipinski definition) is 2. The van der Waals surface area contributed by atoms with Gasteiger partial charge in [0.1, 0.15) is 0 Å². The standard InChI is InChI=1S/C15H28N2O2/c1-12-6-2-3-8-14(12)16-15(19)10-17-9-5-4-7-13(17)11-18/h12-14,18H,2-11H2,1H3,(H,16,19). The van der Waals surface area contributed by atoms with Crippen molar-refractivity contribution in [1.29, 1.82) is 0 Å². The lowest BCUT2D eigenvalue weighted by Gasteiger charge is -2.35. The fourth-order valence-corrected chi connectivity index (χ4v) is 3.44. The van der Waals surface area contributed by atoms with Crippen LogP contribution in [0.25, 0.3) is 0 Å². The van der Waals surface area contributed by atoms with E-state index in [0.717, 1.165) is 25.8 Å². The van der Waals surface area contributed by atoms with Gasteiger partial charge in [-0.15, -0.1) is 0 Å². The number of aliphatic hydroxyl groups excluding tert-OH is 1. The minimum absolute atomic E-state index is 0.138. The largest absolute Gasteiger partial charge is 0.395 e. The summed E-state index contributed by atoms with van der Waals surface area (Å²) < 4.78 is 0. The van der Waals surface area contributed by atoms with Crippen LogP contribution in [0, 0.1) is 5.92 Å². The maximum absolute atomic E-state index is 12.2. The highest BCUT2D eigenvalue weighted by Gasteiger charge is 2.26. The molecule has 1 saturated heterocycles. The van der Waals surface area contributed by atoms with Gasteiger partial charge in [0.05, 0.1) is 13.2 Å². The molecule has 1 amide bonds. The van der Waals surface area contributed by atoms with E-state index in [1.807, 2.05) is 0 Å². The number of piperidine rings is 1. The molecule has 0 aromatic heterocycles. The Hall–Kier alpha value is -0.610. The molecule has 0 aromatic rings. The molecule has 4 heteroatoms. The van der Waals surface area contributed by atoms with Gasteiger partial charge in [0, 0.05) is 12.1 Å². The van der Waals surface area contributed by atoms with Gasteiger partial charge >= 0.3 is 0 Å². The van der Waals surface area contributed by atoms with E-state index in [1.54, 1.807) is 0 Å². The minimum Gasteiger partial charge on any atom is -0.395 e. The van der Waals surface area contributed by atoms with E-state index >= 15 is 0 Å². The number of likely N-dealkylation sites (tertiary alicyclic amines) is 1. The number of carbonyl (C=O) groups excluding carboxylic acids is 1. The summed E-state index contributed by atoms with van der Waals surface area (Å²) in [5, 5.41) is 12.6. The Labute approximate surface area is 116 Å². The lowest BCUT2D eigenvalue weighted by Crippen LogP contribution is -2.50. The molecule has 2 rings (SSSR count). The monoisotopic (exact) mass is 268 g/mol. The van der Waals surface area contributed by atoms with Gasteiger partial charge in [0.2, 0.25) is 5.91 Å². The molecule has 4 nitrogen and oxygen atoms in total. The van der Waals surface area contributed by atoms with Gasteiger partial charge in [-0.3, -0.25) is 9.69 Å². The maximum atomic E-state index is 12.2. The van der Waals surface area contributed by atoms with Crippen LogP contribution in [0.15, 0.2) is 0 Å². The molecule has 1 aliphatic carbocycles. The van der Waals surface area contributed by atoms with Crippen LogP contribution in [0.4, 0.5) is 0 Å². The fourth-order valence-electron chi connectivity index (χ4n) is 3.44. The van der Waals surface area contributed by atoms with E-state index in [4.69, 9.17) is 0 Å². The van der Waals surface area contributed by atoms with Gasteiger partial charge in [-0.2, -0.15) is 0 Å². The molecule has 1 aliphatic heterocycles. The molecule has 0 radical (unpaired) electrons. The van der Waals surface area contributed by atoms with Crippen molar-refractivity contribution in [3.05, 3.63) is 0 Å². The molecule has 0 bridgehead atoms. The van der Waals surface area contributed by atoms with Gasteiger partial charge in [-0.05, 0) is 38.1 Å². The van der Waals surface area contributed by atoms with Crippen molar-refractivity contribution < 1.29 is 9.90 Å². The molecular weight excluding hydrogens is 240 g/mol. The zero-order valence-electron chi connectivity index (χ0n) is 12.1. The number of rotatable bonds is 4. The van der Waals surface area contributed by atoms with Crippen LogP contribution in [0.5, 0.6) is 0 Å². The molecule has 110 valence electrons. The quantitative estimate of drug-likeness (QED) is 0.813. The second-order valence-electron chi connectivity index (χ2n) is 6.24. The molecule has 2 aliphatic rings. The molecule has 3 atom stereocenters. The van der Waals surface area contributed by atoms with E-state index in [0.29, 0.717) is 18.5 Å². The zero-order chi connectivity index (χ0) is 13.7. The van der Waals surface area contributed by atoms with E-state index in [9.17, 15) is 9.90 Å². The fraction of sp³-hybridized carbons (Fsp3) is 0.933. The Balaban J connectivity index is 1.79. The number of aliphatic hydroxyl groups is 1. The highest BCUT2D eigenvalue weighted by Crippen LogP contribution is 2.23. The summed E-state index contributed by atoms with van der Waals surface area (Å²) in [5.74, 6) is 0.742. The molecule has 19 heavy (non-hydrogen) atoms. The van der Waals surface area contributed by atoms with Gasteiger partial charge in [0.25, 0.3) is 0 Å². The molecule has 0 spiro atoms. The Kier molecular flexibility index (Phi) is 5.64. The van der Waals surface area contributed by atoms with Crippen molar-refractivity contribution in [2.75, 3.05) is 19.7 Å². The third kappa shape index (κ3) is 4.18. The topological polar surface area (TPSA) is 52.6 Å². The van der Waals surface area contributed by atoms with Gasteiger partial charge in [-0.1, -0.05) is 26.2 Å². The Morgan fingerprint density at radius 2 is 1.95 bits per heavy atom. The third-order valence-corrected chi connectivity index (χ3v) is 4.76. The average Bonchev–Trinajstić information content (AvgIpc) is 2.42. The summed E-state index contributed by atoms with van der Waals surface area (Å²) in [4.78, 5) is 14.3. The lowest BCUT2D eigenvalue weighted by atomic mass is 9.86. The van der Waals surface area contributed by atoms with Gasteiger partial charge < -0.3 is 10.4 Å². The van der Waals surface area contributed by atoms with Crippen LogP contribution in [0.2, 0.25) is 0 Å². The van der Waals surface area contributed by atoms with E-state index in [1.165, 1.54) is 25.7 Å². The first-order chi connectivity index (χ1) is 9.20. The Morgan fingerprint density at radius 3 is 2.68 bits per heavy atom.